The lowest BCUT2D eigenvalue weighted by atomic mass is 10.1. The van der Waals surface area contributed by atoms with E-state index >= 15 is 0 Å². The van der Waals surface area contributed by atoms with Crippen LogP contribution in [0.4, 0.5) is 0 Å². The number of hydrogen-bond acceptors (Lipinski definition) is 2. The third-order valence-corrected chi connectivity index (χ3v) is 4.85. The molecule has 0 amide bonds. The van der Waals surface area contributed by atoms with E-state index in [2.05, 4.69) is 51.9 Å². The first-order chi connectivity index (χ1) is 13.7. The maximum atomic E-state index is 11.7. The van der Waals surface area contributed by atoms with Crippen LogP contribution in [0.5, 0.6) is 0 Å². The lowest BCUT2D eigenvalue weighted by molar-refractivity contribution is 0.585. The van der Waals surface area contributed by atoms with Crippen molar-refractivity contribution in [1.29, 1.82) is 0 Å². The molecule has 6 nitrogen and oxygen atoms in total. The monoisotopic (exact) mass is 507 g/mol. The molecule has 156 valence electrons. The van der Waals surface area contributed by atoms with E-state index in [9.17, 15) is 4.79 Å². The molecule has 3 aromatic rings. The number of aromatic amines is 1. The Morgan fingerprint density at radius 2 is 1.97 bits per heavy atom. The molecule has 0 aliphatic heterocycles. The lowest BCUT2D eigenvalue weighted by Gasteiger charge is -2.12. The summed E-state index contributed by atoms with van der Waals surface area (Å²) in [6.07, 6.45) is 6.78. The van der Waals surface area contributed by atoms with E-state index in [1.165, 1.54) is 22.0 Å². The summed E-state index contributed by atoms with van der Waals surface area (Å²) in [6.45, 7) is 4.50. The first-order valence-electron chi connectivity index (χ1n) is 9.84. The van der Waals surface area contributed by atoms with Crippen LogP contribution in [0.15, 0.2) is 58.6 Å². The standard InChI is InChI=1S/C22H29N5O.HI/c1-17-8-9-19-18(16-26-20(19)15-17)10-12-25-22(23-2)24-11-4-6-14-27-13-5-3-7-21(27)28;/h3,5,7-9,13,15-16,26H,4,6,10-12,14H2,1-2H3,(H2,23,24,25);1H. The number of nitrogens with one attached hydrogen (secondary N) is 3. The SMILES string of the molecule is CN=C(NCCCCn1ccccc1=O)NCCc1c[nH]c2cc(C)ccc12.I. The summed E-state index contributed by atoms with van der Waals surface area (Å²) in [7, 11) is 1.79. The molecule has 0 saturated carbocycles. The fourth-order valence-corrected chi connectivity index (χ4v) is 3.30. The van der Waals surface area contributed by atoms with Crippen LogP contribution in [0.25, 0.3) is 10.9 Å². The van der Waals surface area contributed by atoms with E-state index in [0.29, 0.717) is 0 Å². The number of pyridine rings is 1. The fraction of sp³-hybridized carbons (Fsp3) is 0.364. The molecule has 0 atom stereocenters. The molecule has 0 radical (unpaired) electrons. The minimum atomic E-state index is 0. The zero-order valence-corrected chi connectivity index (χ0v) is 19.4. The molecule has 0 saturated heterocycles. The second kappa shape index (κ2) is 11.6. The van der Waals surface area contributed by atoms with Crippen molar-refractivity contribution in [2.75, 3.05) is 20.1 Å². The highest BCUT2D eigenvalue weighted by atomic mass is 127. The largest absolute Gasteiger partial charge is 0.361 e. The number of nitrogens with zero attached hydrogens (tertiary/aromatic N) is 2. The van der Waals surface area contributed by atoms with Gasteiger partial charge in [0.2, 0.25) is 5.56 Å². The summed E-state index contributed by atoms with van der Waals surface area (Å²) in [5, 5.41) is 7.99. The van der Waals surface area contributed by atoms with Crippen LogP contribution in [-0.2, 0) is 13.0 Å². The van der Waals surface area contributed by atoms with Crippen LogP contribution in [0, 0.1) is 6.92 Å². The Bertz CT molecular complexity index is 992. The highest BCUT2D eigenvalue weighted by molar-refractivity contribution is 14.0. The number of hydrogen-bond donors (Lipinski definition) is 3. The number of rotatable bonds is 8. The predicted octanol–water partition coefficient (Wildman–Crippen LogP) is 3.44. The summed E-state index contributed by atoms with van der Waals surface area (Å²) >= 11 is 0. The van der Waals surface area contributed by atoms with E-state index in [1.54, 1.807) is 23.7 Å². The zero-order chi connectivity index (χ0) is 19.8. The molecule has 0 bridgehead atoms. The van der Waals surface area contributed by atoms with Crippen molar-refractivity contribution in [2.45, 2.75) is 32.7 Å². The molecule has 3 rings (SSSR count). The topological polar surface area (TPSA) is 74.2 Å². The molecule has 0 aliphatic rings. The third kappa shape index (κ3) is 6.62. The van der Waals surface area contributed by atoms with Gasteiger partial charge < -0.3 is 20.2 Å². The van der Waals surface area contributed by atoms with E-state index in [1.807, 2.05) is 12.3 Å². The maximum absolute atomic E-state index is 11.7. The number of fused-ring (bicyclic) bond motifs is 1. The van der Waals surface area contributed by atoms with Gasteiger partial charge in [-0.3, -0.25) is 9.79 Å². The Morgan fingerprint density at radius 3 is 2.76 bits per heavy atom. The van der Waals surface area contributed by atoms with Crippen molar-refractivity contribution in [3.05, 3.63) is 70.3 Å². The quantitative estimate of drug-likeness (QED) is 0.189. The number of aliphatic imine (C=N–C) groups is 1. The highest BCUT2D eigenvalue weighted by Crippen LogP contribution is 2.19. The fourth-order valence-electron chi connectivity index (χ4n) is 3.30. The number of aryl methyl sites for hydroxylation is 2. The van der Waals surface area contributed by atoms with Gasteiger partial charge in [-0.15, -0.1) is 24.0 Å². The number of H-pyrrole nitrogens is 1. The average Bonchev–Trinajstić information content (AvgIpc) is 3.09. The summed E-state index contributed by atoms with van der Waals surface area (Å²) in [6, 6.07) is 11.8. The molecule has 2 aromatic heterocycles. The molecule has 0 aliphatic carbocycles. The summed E-state index contributed by atoms with van der Waals surface area (Å²) < 4.78 is 1.75. The summed E-state index contributed by atoms with van der Waals surface area (Å²) in [4.78, 5) is 19.3. The van der Waals surface area contributed by atoms with Gasteiger partial charge in [0.15, 0.2) is 5.96 Å². The van der Waals surface area contributed by atoms with E-state index in [-0.39, 0.29) is 29.5 Å². The van der Waals surface area contributed by atoms with Crippen molar-refractivity contribution in [3.63, 3.8) is 0 Å². The van der Waals surface area contributed by atoms with E-state index in [0.717, 1.165) is 44.9 Å². The van der Waals surface area contributed by atoms with Crippen molar-refractivity contribution in [3.8, 4) is 0 Å². The van der Waals surface area contributed by atoms with Gasteiger partial charge in [0.1, 0.15) is 0 Å². The Labute approximate surface area is 188 Å². The average molecular weight is 507 g/mol. The zero-order valence-electron chi connectivity index (χ0n) is 17.1. The second-order valence-corrected chi connectivity index (χ2v) is 6.98. The number of guanidine groups is 1. The molecular formula is C22H30IN5O. The molecule has 29 heavy (non-hydrogen) atoms. The van der Waals surface area contributed by atoms with Crippen molar-refractivity contribution < 1.29 is 0 Å². The first-order valence-corrected chi connectivity index (χ1v) is 9.84. The molecule has 0 fully saturated rings. The van der Waals surface area contributed by atoms with Crippen LogP contribution >= 0.6 is 24.0 Å². The molecular weight excluding hydrogens is 477 g/mol. The Kier molecular flexibility index (Phi) is 9.24. The molecule has 2 heterocycles. The first kappa shape index (κ1) is 23.0. The number of halogens is 1. The van der Waals surface area contributed by atoms with E-state index < -0.39 is 0 Å². The van der Waals surface area contributed by atoms with Gasteiger partial charge in [0.25, 0.3) is 0 Å². The minimum Gasteiger partial charge on any atom is -0.361 e. The van der Waals surface area contributed by atoms with Crippen LogP contribution < -0.4 is 16.2 Å². The van der Waals surface area contributed by atoms with Crippen LogP contribution in [0.1, 0.15) is 24.0 Å². The minimum absolute atomic E-state index is 0. The van der Waals surface area contributed by atoms with Gasteiger partial charge in [0, 0.05) is 56.0 Å². The Morgan fingerprint density at radius 1 is 1.14 bits per heavy atom. The van der Waals surface area contributed by atoms with Gasteiger partial charge >= 0.3 is 0 Å². The van der Waals surface area contributed by atoms with Crippen LogP contribution in [-0.4, -0.2) is 35.6 Å². The molecule has 0 unspecified atom stereocenters. The Balaban J connectivity index is 0.00000300. The number of benzene rings is 1. The highest BCUT2D eigenvalue weighted by Gasteiger charge is 2.04. The molecule has 0 spiro atoms. The molecule has 7 heteroatoms. The van der Waals surface area contributed by atoms with Gasteiger partial charge in [-0.2, -0.15) is 0 Å². The number of aromatic nitrogens is 2. The smallest absolute Gasteiger partial charge is 0.250 e. The van der Waals surface area contributed by atoms with Crippen molar-refractivity contribution in [2.24, 2.45) is 4.99 Å². The van der Waals surface area contributed by atoms with E-state index in [4.69, 9.17) is 0 Å². The van der Waals surface area contributed by atoms with Crippen LogP contribution in [0.2, 0.25) is 0 Å². The lowest BCUT2D eigenvalue weighted by Crippen LogP contribution is -2.38. The Hall–Kier alpha value is -2.29. The third-order valence-electron chi connectivity index (χ3n) is 4.85. The predicted molar refractivity (Wildman–Crippen MR) is 131 cm³/mol. The normalized spacial score (nSPS) is 11.3. The van der Waals surface area contributed by atoms with Gasteiger partial charge in [0.05, 0.1) is 0 Å². The van der Waals surface area contributed by atoms with Crippen molar-refractivity contribution in [1.82, 2.24) is 20.2 Å². The summed E-state index contributed by atoms with van der Waals surface area (Å²) in [5.41, 5.74) is 3.82. The second-order valence-electron chi connectivity index (χ2n) is 6.98. The molecule has 1 aromatic carbocycles. The summed E-state index contributed by atoms with van der Waals surface area (Å²) in [5.74, 6) is 0.813. The van der Waals surface area contributed by atoms with Crippen LogP contribution in [0.3, 0.4) is 0 Å². The van der Waals surface area contributed by atoms with Gasteiger partial charge in [-0.25, -0.2) is 0 Å². The molecule has 3 N–H and O–H groups in total. The van der Waals surface area contributed by atoms with Crippen molar-refractivity contribution >= 4 is 40.8 Å². The van der Waals surface area contributed by atoms with Gasteiger partial charge in [-0.05, 0) is 49.4 Å². The van der Waals surface area contributed by atoms with Gasteiger partial charge in [-0.1, -0.05) is 18.2 Å². The number of unbranched alkanes of at least 4 members (excludes halogenated alkanes) is 1. The maximum Gasteiger partial charge on any atom is 0.250 e.